The zero-order valence-electron chi connectivity index (χ0n) is 14.8. The van der Waals surface area contributed by atoms with Crippen LogP contribution in [0.1, 0.15) is 90.4 Å². The van der Waals surface area contributed by atoms with Crippen molar-refractivity contribution in [2.75, 3.05) is 20.1 Å². The molecule has 0 saturated heterocycles. The van der Waals surface area contributed by atoms with Gasteiger partial charge in [0.05, 0.1) is 0 Å². The van der Waals surface area contributed by atoms with E-state index in [0.717, 1.165) is 19.5 Å². The first-order valence-electron chi connectivity index (χ1n) is 9.07. The van der Waals surface area contributed by atoms with E-state index in [2.05, 4.69) is 18.9 Å². The Labute approximate surface area is 144 Å². The molecular formula is C18H38ClNO2. The monoisotopic (exact) mass is 335 g/mol. The summed E-state index contributed by atoms with van der Waals surface area (Å²) in [5.41, 5.74) is 0. The number of unbranched alkanes of at least 4 members (excludes halogenated alkanes) is 10. The fraction of sp³-hybridized carbons (Fsp3) is 0.944. The van der Waals surface area contributed by atoms with Crippen LogP contribution in [0.15, 0.2) is 0 Å². The number of aliphatic carboxylic acids is 1. The van der Waals surface area contributed by atoms with Gasteiger partial charge in [0.1, 0.15) is 0 Å². The normalized spacial score (nSPS) is 10.7. The zero-order chi connectivity index (χ0) is 15.8. The summed E-state index contributed by atoms with van der Waals surface area (Å²) in [4.78, 5) is 12.7. The molecule has 0 aromatic heterocycles. The molecule has 0 unspecified atom stereocenters. The number of carboxylic acid groups (broad SMARTS) is 1. The SMILES string of the molecule is CCCCCCCCCCCCCN(C)CCCC(=O)O.Cl. The van der Waals surface area contributed by atoms with E-state index in [0.29, 0.717) is 6.42 Å². The van der Waals surface area contributed by atoms with E-state index in [9.17, 15) is 4.79 Å². The third-order valence-electron chi connectivity index (χ3n) is 4.07. The minimum atomic E-state index is -0.682. The van der Waals surface area contributed by atoms with Crippen molar-refractivity contribution >= 4 is 18.4 Å². The highest BCUT2D eigenvalue weighted by Gasteiger charge is 2.01. The Morgan fingerprint density at radius 2 is 1.18 bits per heavy atom. The van der Waals surface area contributed by atoms with Gasteiger partial charge in [-0.05, 0) is 33.0 Å². The summed E-state index contributed by atoms with van der Waals surface area (Å²) in [5, 5.41) is 8.59. The molecule has 0 rings (SSSR count). The van der Waals surface area contributed by atoms with Gasteiger partial charge in [-0.1, -0.05) is 71.1 Å². The predicted octanol–water partition coefficient (Wildman–Crippen LogP) is 5.52. The van der Waals surface area contributed by atoms with Crippen LogP contribution in [-0.2, 0) is 4.79 Å². The molecule has 22 heavy (non-hydrogen) atoms. The molecule has 3 nitrogen and oxygen atoms in total. The summed E-state index contributed by atoms with van der Waals surface area (Å²) in [7, 11) is 2.10. The molecule has 0 radical (unpaired) electrons. The molecule has 0 aliphatic rings. The van der Waals surface area contributed by atoms with Crippen LogP contribution in [0, 0.1) is 0 Å². The number of hydrogen-bond donors (Lipinski definition) is 1. The average molecular weight is 336 g/mol. The first-order valence-corrected chi connectivity index (χ1v) is 9.07. The number of hydrogen-bond acceptors (Lipinski definition) is 2. The third kappa shape index (κ3) is 19.7. The predicted molar refractivity (Wildman–Crippen MR) is 98.1 cm³/mol. The molecule has 0 aromatic rings. The minimum absolute atomic E-state index is 0. The van der Waals surface area contributed by atoms with Gasteiger partial charge in [0.15, 0.2) is 0 Å². The van der Waals surface area contributed by atoms with Gasteiger partial charge in [0.2, 0.25) is 0 Å². The molecular weight excluding hydrogens is 298 g/mol. The van der Waals surface area contributed by atoms with E-state index in [-0.39, 0.29) is 12.4 Å². The number of halogens is 1. The summed E-state index contributed by atoms with van der Waals surface area (Å²) < 4.78 is 0. The lowest BCUT2D eigenvalue weighted by molar-refractivity contribution is -0.137. The van der Waals surface area contributed by atoms with Crippen LogP contribution in [0.3, 0.4) is 0 Å². The second-order valence-electron chi connectivity index (χ2n) is 6.34. The van der Waals surface area contributed by atoms with Crippen LogP contribution in [0.25, 0.3) is 0 Å². The van der Waals surface area contributed by atoms with E-state index < -0.39 is 5.97 Å². The summed E-state index contributed by atoms with van der Waals surface area (Å²) in [6, 6.07) is 0. The second-order valence-corrected chi connectivity index (χ2v) is 6.34. The smallest absolute Gasteiger partial charge is 0.303 e. The Morgan fingerprint density at radius 3 is 1.64 bits per heavy atom. The second kappa shape index (κ2) is 18.8. The van der Waals surface area contributed by atoms with Crippen LogP contribution in [0.4, 0.5) is 0 Å². The molecule has 0 fully saturated rings. The van der Waals surface area contributed by atoms with Crippen molar-refractivity contribution in [3.63, 3.8) is 0 Å². The Balaban J connectivity index is 0. The molecule has 1 N–H and O–H groups in total. The lowest BCUT2D eigenvalue weighted by Gasteiger charge is -2.15. The number of rotatable bonds is 16. The van der Waals surface area contributed by atoms with Crippen LogP contribution >= 0.6 is 12.4 Å². The van der Waals surface area contributed by atoms with Crippen LogP contribution in [-0.4, -0.2) is 36.1 Å². The van der Waals surface area contributed by atoms with Gasteiger partial charge < -0.3 is 10.0 Å². The van der Waals surface area contributed by atoms with Gasteiger partial charge >= 0.3 is 5.97 Å². The fourth-order valence-corrected chi connectivity index (χ4v) is 2.66. The summed E-state index contributed by atoms with van der Waals surface area (Å²) >= 11 is 0. The Bertz CT molecular complexity index is 237. The van der Waals surface area contributed by atoms with Gasteiger partial charge in [-0.3, -0.25) is 4.79 Å². The summed E-state index contributed by atoms with van der Waals surface area (Å²) in [6.07, 6.45) is 16.2. The lowest BCUT2D eigenvalue weighted by atomic mass is 10.1. The third-order valence-corrected chi connectivity index (χ3v) is 4.07. The zero-order valence-corrected chi connectivity index (χ0v) is 15.6. The van der Waals surface area contributed by atoms with E-state index in [1.54, 1.807) is 0 Å². The molecule has 0 saturated carbocycles. The average Bonchev–Trinajstić information content (AvgIpc) is 2.44. The summed E-state index contributed by atoms with van der Waals surface area (Å²) in [5.74, 6) is -0.682. The van der Waals surface area contributed by atoms with Crippen LogP contribution < -0.4 is 0 Å². The van der Waals surface area contributed by atoms with Crippen LogP contribution in [0.5, 0.6) is 0 Å². The first-order chi connectivity index (χ1) is 10.2. The Kier molecular flexibility index (Phi) is 20.5. The van der Waals surface area contributed by atoms with Crippen molar-refractivity contribution in [3.05, 3.63) is 0 Å². The highest BCUT2D eigenvalue weighted by atomic mass is 35.5. The fourth-order valence-electron chi connectivity index (χ4n) is 2.66. The highest BCUT2D eigenvalue weighted by Crippen LogP contribution is 2.11. The maximum atomic E-state index is 10.4. The van der Waals surface area contributed by atoms with Crippen LogP contribution in [0.2, 0.25) is 0 Å². The molecule has 0 aliphatic heterocycles. The quantitative estimate of drug-likeness (QED) is 0.378. The van der Waals surface area contributed by atoms with Crippen molar-refractivity contribution in [1.82, 2.24) is 4.90 Å². The molecule has 0 aromatic carbocycles. The molecule has 0 amide bonds. The molecule has 0 atom stereocenters. The van der Waals surface area contributed by atoms with Gasteiger partial charge in [-0.25, -0.2) is 0 Å². The van der Waals surface area contributed by atoms with Gasteiger partial charge in [0, 0.05) is 6.42 Å². The van der Waals surface area contributed by atoms with Crippen molar-refractivity contribution in [2.45, 2.75) is 90.4 Å². The molecule has 0 bridgehead atoms. The standard InChI is InChI=1S/C18H37NO2.ClH/c1-3-4-5-6-7-8-9-10-11-12-13-16-19(2)17-14-15-18(20)21;/h3-17H2,1-2H3,(H,20,21);1H. The lowest BCUT2D eigenvalue weighted by Crippen LogP contribution is -2.21. The molecule has 4 heteroatoms. The molecule has 134 valence electrons. The number of nitrogens with zero attached hydrogens (tertiary/aromatic N) is 1. The molecule has 0 heterocycles. The van der Waals surface area contributed by atoms with Gasteiger partial charge in [0.25, 0.3) is 0 Å². The molecule has 0 spiro atoms. The van der Waals surface area contributed by atoms with Gasteiger partial charge in [-0.15, -0.1) is 12.4 Å². The minimum Gasteiger partial charge on any atom is -0.481 e. The maximum absolute atomic E-state index is 10.4. The molecule has 0 aliphatic carbocycles. The number of carboxylic acids is 1. The van der Waals surface area contributed by atoms with E-state index in [4.69, 9.17) is 5.11 Å². The topological polar surface area (TPSA) is 40.5 Å². The highest BCUT2D eigenvalue weighted by molar-refractivity contribution is 5.85. The van der Waals surface area contributed by atoms with E-state index in [1.165, 1.54) is 70.6 Å². The van der Waals surface area contributed by atoms with E-state index in [1.807, 2.05) is 0 Å². The van der Waals surface area contributed by atoms with Gasteiger partial charge in [-0.2, -0.15) is 0 Å². The number of carbonyl (C=O) groups is 1. The Hall–Kier alpha value is -0.280. The first kappa shape index (κ1) is 24.0. The summed E-state index contributed by atoms with van der Waals surface area (Å²) in [6.45, 7) is 4.28. The van der Waals surface area contributed by atoms with E-state index >= 15 is 0 Å². The van der Waals surface area contributed by atoms with Crippen molar-refractivity contribution < 1.29 is 9.90 Å². The van der Waals surface area contributed by atoms with Crippen molar-refractivity contribution in [2.24, 2.45) is 0 Å². The largest absolute Gasteiger partial charge is 0.481 e. The Morgan fingerprint density at radius 1 is 0.773 bits per heavy atom. The maximum Gasteiger partial charge on any atom is 0.303 e. The van der Waals surface area contributed by atoms with Crippen molar-refractivity contribution in [1.29, 1.82) is 0 Å². The van der Waals surface area contributed by atoms with Crippen molar-refractivity contribution in [3.8, 4) is 0 Å².